The number of carbonyl (C=O) groups excluding carboxylic acids is 1. The van der Waals surface area contributed by atoms with Crippen molar-refractivity contribution >= 4 is 11.9 Å². The molecule has 1 rings (SSSR count). The fourth-order valence-electron chi connectivity index (χ4n) is 1.92. The van der Waals surface area contributed by atoms with E-state index in [4.69, 9.17) is 15.6 Å². The van der Waals surface area contributed by atoms with Crippen LogP contribution in [0.3, 0.4) is 0 Å². The zero-order valence-corrected chi connectivity index (χ0v) is 9.39. The van der Waals surface area contributed by atoms with E-state index in [1.165, 1.54) is 12.0 Å². The van der Waals surface area contributed by atoms with Crippen molar-refractivity contribution in [2.24, 2.45) is 5.73 Å². The third kappa shape index (κ3) is 2.93. The fraction of sp³-hybridized carbons (Fsp3) is 0.800. The number of ether oxygens (including phenoxy) is 1. The molecule has 1 aliphatic heterocycles. The number of piperidine rings is 1. The topological polar surface area (TPSA) is 92.9 Å². The first-order valence-corrected chi connectivity index (χ1v) is 5.35. The van der Waals surface area contributed by atoms with Crippen LogP contribution in [0.1, 0.15) is 19.3 Å². The molecule has 3 N–H and O–H groups in total. The molecule has 92 valence electrons. The van der Waals surface area contributed by atoms with Crippen LogP contribution < -0.4 is 5.73 Å². The molecule has 1 amide bonds. The molecule has 1 heterocycles. The Balaban J connectivity index is 2.67. The lowest BCUT2D eigenvalue weighted by Gasteiger charge is -2.34. The number of methoxy groups -OCH3 is 1. The Labute approximate surface area is 94.3 Å². The molecule has 0 aromatic heterocycles. The maximum Gasteiger partial charge on any atom is 0.326 e. The lowest BCUT2D eigenvalue weighted by atomic mass is 10.0. The molecule has 1 fully saturated rings. The number of amides is 1. The van der Waals surface area contributed by atoms with E-state index in [2.05, 4.69) is 0 Å². The molecule has 0 radical (unpaired) electrons. The van der Waals surface area contributed by atoms with E-state index in [0.29, 0.717) is 13.0 Å². The van der Waals surface area contributed by atoms with Crippen LogP contribution in [-0.2, 0) is 14.3 Å². The summed E-state index contributed by atoms with van der Waals surface area (Å²) < 4.78 is 4.79. The van der Waals surface area contributed by atoms with Gasteiger partial charge in [-0.2, -0.15) is 0 Å². The average molecular weight is 230 g/mol. The van der Waals surface area contributed by atoms with Crippen molar-refractivity contribution in [3.05, 3.63) is 0 Å². The Hall–Kier alpha value is -1.14. The Bertz CT molecular complexity index is 270. The molecule has 2 unspecified atom stereocenters. The molecule has 0 aliphatic carbocycles. The number of hydrogen-bond donors (Lipinski definition) is 2. The zero-order chi connectivity index (χ0) is 12.1. The molecule has 0 bridgehead atoms. The zero-order valence-electron chi connectivity index (χ0n) is 9.39. The summed E-state index contributed by atoms with van der Waals surface area (Å²) in [5.74, 6) is -1.30. The molecule has 0 aromatic carbocycles. The summed E-state index contributed by atoms with van der Waals surface area (Å²) in [6, 6.07) is -1.51. The van der Waals surface area contributed by atoms with Crippen molar-refractivity contribution in [3.8, 4) is 0 Å². The molecule has 2 atom stereocenters. The number of carbonyl (C=O) groups is 2. The Morgan fingerprint density at radius 3 is 2.81 bits per heavy atom. The van der Waals surface area contributed by atoms with Gasteiger partial charge in [-0.1, -0.05) is 0 Å². The third-order valence-electron chi connectivity index (χ3n) is 2.73. The van der Waals surface area contributed by atoms with E-state index in [0.717, 1.165) is 12.8 Å². The smallest absolute Gasteiger partial charge is 0.326 e. The summed E-state index contributed by atoms with van der Waals surface area (Å²) in [6.45, 7) is 0.578. The van der Waals surface area contributed by atoms with Crippen molar-refractivity contribution in [2.75, 3.05) is 20.3 Å². The Kier molecular flexibility index (Phi) is 4.70. The van der Waals surface area contributed by atoms with E-state index in [1.54, 1.807) is 0 Å². The maximum atomic E-state index is 11.9. The highest BCUT2D eigenvalue weighted by molar-refractivity contribution is 5.87. The van der Waals surface area contributed by atoms with E-state index in [1.807, 2.05) is 0 Å². The number of aliphatic carboxylic acids is 1. The number of carboxylic acid groups (broad SMARTS) is 1. The van der Waals surface area contributed by atoms with Gasteiger partial charge in [0.2, 0.25) is 5.91 Å². The largest absolute Gasteiger partial charge is 0.480 e. The summed E-state index contributed by atoms with van der Waals surface area (Å²) in [6.07, 6.45) is 2.16. The van der Waals surface area contributed by atoms with Crippen molar-refractivity contribution < 1.29 is 19.4 Å². The SMILES string of the molecule is COCC(N)C(=O)N1CCCCC1C(=O)O. The van der Waals surface area contributed by atoms with Gasteiger partial charge in [-0.3, -0.25) is 4.79 Å². The van der Waals surface area contributed by atoms with Gasteiger partial charge in [-0.05, 0) is 19.3 Å². The summed E-state index contributed by atoms with van der Waals surface area (Å²) in [5, 5.41) is 9.00. The number of nitrogens with zero attached hydrogens (tertiary/aromatic N) is 1. The lowest BCUT2D eigenvalue weighted by Crippen LogP contribution is -2.54. The van der Waals surface area contributed by atoms with Crippen LogP contribution in [0.4, 0.5) is 0 Å². The van der Waals surface area contributed by atoms with Crippen LogP contribution >= 0.6 is 0 Å². The molecular weight excluding hydrogens is 212 g/mol. The molecule has 1 aliphatic rings. The van der Waals surface area contributed by atoms with Crippen LogP contribution in [-0.4, -0.2) is 54.2 Å². The minimum atomic E-state index is -0.960. The Morgan fingerprint density at radius 1 is 1.56 bits per heavy atom. The van der Waals surface area contributed by atoms with Crippen LogP contribution in [0.25, 0.3) is 0 Å². The van der Waals surface area contributed by atoms with E-state index < -0.39 is 18.1 Å². The third-order valence-corrected chi connectivity index (χ3v) is 2.73. The number of likely N-dealkylation sites (tertiary alicyclic amines) is 1. The van der Waals surface area contributed by atoms with Crippen molar-refractivity contribution in [1.82, 2.24) is 4.90 Å². The van der Waals surface area contributed by atoms with Crippen molar-refractivity contribution in [3.63, 3.8) is 0 Å². The lowest BCUT2D eigenvalue weighted by molar-refractivity contribution is -0.153. The van der Waals surface area contributed by atoms with Gasteiger partial charge >= 0.3 is 5.97 Å². The quantitative estimate of drug-likeness (QED) is 0.674. The first-order valence-electron chi connectivity index (χ1n) is 5.35. The molecule has 0 spiro atoms. The van der Waals surface area contributed by atoms with Gasteiger partial charge in [0.15, 0.2) is 0 Å². The van der Waals surface area contributed by atoms with Gasteiger partial charge < -0.3 is 20.5 Å². The van der Waals surface area contributed by atoms with Gasteiger partial charge in [0, 0.05) is 13.7 Å². The summed E-state index contributed by atoms with van der Waals surface area (Å²) >= 11 is 0. The minimum absolute atomic E-state index is 0.113. The normalized spacial score (nSPS) is 22.9. The highest BCUT2D eigenvalue weighted by Crippen LogP contribution is 2.17. The molecule has 6 nitrogen and oxygen atoms in total. The van der Waals surface area contributed by atoms with Crippen molar-refractivity contribution in [1.29, 1.82) is 0 Å². The second kappa shape index (κ2) is 5.81. The number of nitrogens with two attached hydrogens (primary N) is 1. The van der Waals surface area contributed by atoms with Crippen LogP contribution in [0.15, 0.2) is 0 Å². The molecule has 0 aromatic rings. The molecule has 16 heavy (non-hydrogen) atoms. The monoisotopic (exact) mass is 230 g/mol. The van der Waals surface area contributed by atoms with Crippen LogP contribution in [0, 0.1) is 0 Å². The molecule has 1 saturated heterocycles. The van der Waals surface area contributed by atoms with Crippen LogP contribution in [0.2, 0.25) is 0 Å². The second-order valence-electron chi connectivity index (χ2n) is 3.94. The van der Waals surface area contributed by atoms with Crippen molar-refractivity contribution in [2.45, 2.75) is 31.3 Å². The highest BCUT2D eigenvalue weighted by atomic mass is 16.5. The maximum absolute atomic E-state index is 11.9. The first-order chi connectivity index (χ1) is 7.57. The molecule has 0 saturated carbocycles. The number of carboxylic acids is 1. The standard InChI is InChI=1S/C10H18N2O4/c1-16-6-7(11)9(13)12-5-3-2-4-8(12)10(14)15/h7-8H,2-6,11H2,1H3,(H,14,15). The van der Waals surface area contributed by atoms with Gasteiger partial charge in [0.25, 0.3) is 0 Å². The van der Waals surface area contributed by atoms with Gasteiger partial charge in [-0.15, -0.1) is 0 Å². The predicted molar refractivity (Wildman–Crippen MR) is 56.8 cm³/mol. The first kappa shape index (κ1) is 12.9. The fourth-order valence-corrected chi connectivity index (χ4v) is 1.92. The summed E-state index contributed by atoms with van der Waals surface area (Å²) in [4.78, 5) is 24.2. The molecular formula is C10H18N2O4. The van der Waals surface area contributed by atoms with Gasteiger partial charge in [0.1, 0.15) is 12.1 Å². The second-order valence-corrected chi connectivity index (χ2v) is 3.94. The van der Waals surface area contributed by atoms with Crippen LogP contribution in [0.5, 0.6) is 0 Å². The summed E-state index contributed by atoms with van der Waals surface area (Å²) in [7, 11) is 1.46. The molecule has 6 heteroatoms. The highest BCUT2D eigenvalue weighted by Gasteiger charge is 2.34. The average Bonchev–Trinajstić information content (AvgIpc) is 2.28. The van der Waals surface area contributed by atoms with Gasteiger partial charge in [-0.25, -0.2) is 4.79 Å². The number of rotatable bonds is 4. The predicted octanol–water partition coefficient (Wildman–Crippen LogP) is -0.574. The number of hydrogen-bond acceptors (Lipinski definition) is 4. The summed E-state index contributed by atoms with van der Waals surface area (Å²) in [5.41, 5.74) is 5.61. The van der Waals surface area contributed by atoms with E-state index in [9.17, 15) is 9.59 Å². The Morgan fingerprint density at radius 2 is 2.25 bits per heavy atom. The minimum Gasteiger partial charge on any atom is -0.480 e. The van der Waals surface area contributed by atoms with E-state index >= 15 is 0 Å². The van der Waals surface area contributed by atoms with Gasteiger partial charge in [0.05, 0.1) is 6.61 Å². The van der Waals surface area contributed by atoms with E-state index in [-0.39, 0.29) is 12.5 Å².